The van der Waals surface area contributed by atoms with Crippen LogP contribution in [-0.4, -0.2) is 11.7 Å². The molecule has 0 fully saturated rings. The number of rotatable bonds is 5. The SMILES string of the molecule is Cc1ccc(Cl)cc1NC(=S)NCCCc1ccccc1. The largest absolute Gasteiger partial charge is 0.362 e. The van der Waals surface area contributed by atoms with Gasteiger partial charge in [-0.25, -0.2) is 0 Å². The normalized spacial score (nSPS) is 10.2. The Morgan fingerprint density at radius 1 is 1.14 bits per heavy atom. The average molecular weight is 319 g/mol. The number of hydrogen-bond acceptors (Lipinski definition) is 1. The summed E-state index contributed by atoms with van der Waals surface area (Å²) in [5, 5.41) is 7.75. The van der Waals surface area contributed by atoms with Gasteiger partial charge in [-0.05, 0) is 55.2 Å². The van der Waals surface area contributed by atoms with Gasteiger partial charge in [0.05, 0.1) is 0 Å². The van der Waals surface area contributed by atoms with Gasteiger partial charge in [0.1, 0.15) is 0 Å². The topological polar surface area (TPSA) is 24.1 Å². The van der Waals surface area contributed by atoms with E-state index in [-0.39, 0.29) is 0 Å². The molecule has 0 aliphatic carbocycles. The van der Waals surface area contributed by atoms with Crippen LogP contribution in [0.25, 0.3) is 0 Å². The second-order valence-corrected chi connectivity index (χ2v) is 5.77. The average Bonchev–Trinajstić information content (AvgIpc) is 2.48. The summed E-state index contributed by atoms with van der Waals surface area (Å²) >= 11 is 11.3. The molecular formula is C17H19ClN2S. The smallest absolute Gasteiger partial charge is 0.170 e. The van der Waals surface area contributed by atoms with Gasteiger partial charge in [-0.15, -0.1) is 0 Å². The lowest BCUT2D eigenvalue weighted by Crippen LogP contribution is -2.29. The molecule has 21 heavy (non-hydrogen) atoms. The highest BCUT2D eigenvalue weighted by atomic mass is 35.5. The summed E-state index contributed by atoms with van der Waals surface area (Å²) in [4.78, 5) is 0. The summed E-state index contributed by atoms with van der Waals surface area (Å²) in [7, 11) is 0. The van der Waals surface area contributed by atoms with E-state index in [2.05, 4.69) is 34.9 Å². The minimum Gasteiger partial charge on any atom is -0.362 e. The van der Waals surface area contributed by atoms with E-state index in [1.54, 1.807) is 0 Å². The van der Waals surface area contributed by atoms with Crippen molar-refractivity contribution < 1.29 is 0 Å². The molecule has 2 aromatic carbocycles. The molecule has 0 unspecified atom stereocenters. The number of aryl methyl sites for hydroxylation is 2. The summed E-state index contributed by atoms with van der Waals surface area (Å²) in [5.41, 5.74) is 3.42. The summed E-state index contributed by atoms with van der Waals surface area (Å²) in [6, 6.07) is 16.2. The van der Waals surface area contributed by atoms with Gasteiger partial charge in [0.15, 0.2) is 5.11 Å². The van der Waals surface area contributed by atoms with Crippen LogP contribution in [0.1, 0.15) is 17.5 Å². The van der Waals surface area contributed by atoms with Gasteiger partial charge >= 0.3 is 0 Å². The molecule has 2 rings (SSSR count). The molecule has 0 radical (unpaired) electrons. The van der Waals surface area contributed by atoms with Gasteiger partial charge in [-0.1, -0.05) is 48.0 Å². The molecule has 4 heteroatoms. The van der Waals surface area contributed by atoms with Gasteiger partial charge in [0, 0.05) is 17.3 Å². The molecule has 0 aliphatic heterocycles. The summed E-state index contributed by atoms with van der Waals surface area (Å²) in [6.07, 6.45) is 2.09. The molecule has 2 aromatic rings. The van der Waals surface area contributed by atoms with Crippen molar-refractivity contribution in [3.05, 3.63) is 64.7 Å². The third-order valence-electron chi connectivity index (χ3n) is 3.22. The first kappa shape index (κ1) is 15.8. The minimum atomic E-state index is 0.633. The van der Waals surface area contributed by atoms with Crippen LogP contribution in [0, 0.1) is 6.92 Å². The Labute approximate surface area is 136 Å². The molecule has 2 N–H and O–H groups in total. The van der Waals surface area contributed by atoms with Crippen molar-refractivity contribution in [3.63, 3.8) is 0 Å². The number of thiocarbonyl (C=S) groups is 1. The van der Waals surface area contributed by atoms with Crippen LogP contribution >= 0.6 is 23.8 Å². The van der Waals surface area contributed by atoms with Crippen molar-refractivity contribution in [1.29, 1.82) is 0 Å². The lowest BCUT2D eigenvalue weighted by Gasteiger charge is -2.12. The van der Waals surface area contributed by atoms with Crippen LogP contribution in [0.3, 0.4) is 0 Å². The zero-order chi connectivity index (χ0) is 15.1. The first-order valence-corrected chi connectivity index (χ1v) is 7.79. The maximum atomic E-state index is 5.99. The van der Waals surface area contributed by atoms with Gasteiger partial charge in [-0.2, -0.15) is 0 Å². The number of halogens is 1. The van der Waals surface area contributed by atoms with Crippen LogP contribution in [0.15, 0.2) is 48.5 Å². The molecule has 0 saturated carbocycles. The van der Waals surface area contributed by atoms with E-state index >= 15 is 0 Å². The first-order chi connectivity index (χ1) is 10.1. The molecule has 0 saturated heterocycles. The molecule has 2 nitrogen and oxygen atoms in total. The van der Waals surface area contributed by atoms with Crippen LogP contribution in [0.5, 0.6) is 0 Å². The molecular weight excluding hydrogens is 300 g/mol. The molecule has 0 bridgehead atoms. The van der Waals surface area contributed by atoms with E-state index in [0.717, 1.165) is 30.6 Å². The molecule has 0 atom stereocenters. The Morgan fingerprint density at radius 2 is 1.90 bits per heavy atom. The van der Waals surface area contributed by atoms with Gasteiger partial charge < -0.3 is 10.6 Å². The number of benzene rings is 2. The standard InChI is InChI=1S/C17H19ClN2S/c1-13-9-10-15(18)12-16(13)20-17(21)19-11-5-8-14-6-3-2-4-7-14/h2-4,6-7,9-10,12H,5,8,11H2,1H3,(H2,19,20,21). The highest BCUT2D eigenvalue weighted by molar-refractivity contribution is 7.80. The van der Waals surface area contributed by atoms with Gasteiger partial charge in [-0.3, -0.25) is 0 Å². The number of nitrogens with one attached hydrogen (secondary N) is 2. The van der Waals surface area contributed by atoms with Crippen LogP contribution in [-0.2, 0) is 6.42 Å². The fourth-order valence-corrected chi connectivity index (χ4v) is 2.42. The Balaban J connectivity index is 1.74. The van der Waals surface area contributed by atoms with Crippen molar-refractivity contribution in [2.75, 3.05) is 11.9 Å². The van der Waals surface area contributed by atoms with Crippen molar-refractivity contribution in [2.45, 2.75) is 19.8 Å². The van der Waals surface area contributed by atoms with E-state index < -0.39 is 0 Å². The Hall–Kier alpha value is -1.58. The zero-order valence-electron chi connectivity index (χ0n) is 12.0. The van der Waals surface area contributed by atoms with E-state index in [9.17, 15) is 0 Å². The second kappa shape index (κ2) is 8.01. The summed E-state index contributed by atoms with van der Waals surface area (Å²) in [5.74, 6) is 0. The van der Waals surface area contributed by atoms with Crippen LogP contribution in [0.4, 0.5) is 5.69 Å². The maximum Gasteiger partial charge on any atom is 0.170 e. The predicted molar refractivity (Wildman–Crippen MR) is 95.2 cm³/mol. The fourth-order valence-electron chi connectivity index (χ4n) is 2.03. The van der Waals surface area contributed by atoms with Crippen molar-refractivity contribution >= 4 is 34.6 Å². The van der Waals surface area contributed by atoms with Crippen molar-refractivity contribution in [2.24, 2.45) is 0 Å². The summed E-state index contributed by atoms with van der Waals surface area (Å²) in [6.45, 7) is 2.87. The Kier molecular flexibility index (Phi) is 6.03. The van der Waals surface area contributed by atoms with Crippen LogP contribution < -0.4 is 10.6 Å². The predicted octanol–water partition coefficient (Wildman–Crippen LogP) is 4.57. The second-order valence-electron chi connectivity index (χ2n) is 4.93. The minimum absolute atomic E-state index is 0.633. The van der Waals surface area contributed by atoms with Crippen molar-refractivity contribution in [3.8, 4) is 0 Å². The molecule has 0 heterocycles. The highest BCUT2D eigenvalue weighted by Crippen LogP contribution is 2.19. The molecule has 0 amide bonds. The van der Waals surface area contributed by atoms with Crippen molar-refractivity contribution in [1.82, 2.24) is 5.32 Å². The molecule has 0 spiro atoms. The molecule has 110 valence electrons. The quantitative estimate of drug-likeness (QED) is 0.624. The number of anilines is 1. The third kappa shape index (κ3) is 5.37. The lowest BCUT2D eigenvalue weighted by atomic mass is 10.1. The molecule has 0 aromatic heterocycles. The van der Waals surface area contributed by atoms with E-state index in [0.29, 0.717) is 10.1 Å². The summed E-state index contributed by atoms with van der Waals surface area (Å²) < 4.78 is 0. The van der Waals surface area contributed by atoms with E-state index in [4.69, 9.17) is 23.8 Å². The van der Waals surface area contributed by atoms with Crippen LogP contribution in [0.2, 0.25) is 5.02 Å². The molecule has 0 aliphatic rings. The number of hydrogen-bond donors (Lipinski definition) is 2. The van der Waals surface area contributed by atoms with Gasteiger partial charge in [0.25, 0.3) is 0 Å². The highest BCUT2D eigenvalue weighted by Gasteiger charge is 2.02. The van der Waals surface area contributed by atoms with E-state index in [1.165, 1.54) is 5.56 Å². The Bertz CT molecular complexity index is 599. The maximum absolute atomic E-state index is 5.99. The first-order valence-electron chi connectivity index (χ1n) is 7.00. The third-order valence-corrected chi connectivity index (χ3v) is 3.70. The fraction of sp³-hybridized carbons (Fsp3) is 0.235. The Morgan fingerprint density at radius 3 is 2.67 bits per heavy atom. The van der Waals surface area contributed by atoms with E-state index in [1.807, 2.05) is 31.2 Å². The zero-order valence-corrected chi connectivity index (χ0v) is 13.6. The monoisotopic (exact) mass is 318 g/mol. The lowest BCUT2D eigenvalue weighted by molar-refractivity contribution is 0.777. The van der Waals surface area contributed by atoms with Gasteiger partial charge in [0.2, 0.25) is 0 Å².